The van der Waals surface area contributed by atoms with Crippen LogP contribution >= 0.6 is 23.2 Å². The van der Waals surface area contributed by atoms with E-state index in [0.29, 0.717) is 28.7 Å². The van der Waals surface area contributed by atoms with E-state index in [-0.39, 0.29) is 0 Å². The summed E-state index contributed by atoms with van der Waals surface area (Å²) < 4.78 is 1.75. The lowest BCUT2D eigenvalue weighted by Gasteiger charge is -2.42. The molecule has 1 aliphatic rings. The van der Waals surface area contributed by atoms with E-state index >= 15 is 0 Å². The van der Waals surface area contributed by atoms with E-state index in [9.17, 15) is 9.59 Å². The van der Waals surface area contributed by atoms with Crippen molar-refractivity contribution in [1.82, 2.24) is 15.1 Å². The first-order chi connectivity index (χ1) is 12.8. The third kappa shape index (κ3) is 4.28. The van der Waals surface area contributed by atoms with E-state index in [2.05, 4.69) is 15.7 Å². The van der Waals surface area contributed by atoms with Crippen LogP contribution in [-0.4, -0.2) is 27.1 Å². The summed E-state index contributed by atoms with van der Waals surface area (Å²) in [4.78, 5) is 24.8. The van der Waals surface area contributed by atoms with Crippen LogP contribution in [-0.2, 0) is 22.6 Å². The van der Waals surface area contributed by atoms with Gasteiger partial charge in [0.1, 0.15) is 0 Å². The fourth-order valence-electron chi connectivity index (χ4n) is 3.34. The lowest BCUT2D eigenvalue weighted by Crippen LogP contribution is -2.57. The van der Waals surface area contributed by atoms with Gasteiger partial charge in [-0.3, -0.25) is 14.3 Å². The Balaban J connectivity index is 1.67. The number of halogens is 2. The summed E-state index contributed by atoms with van der Waals surface area (Å²) in [7, 11) is 0. The van der Waals surface area contributed by atoms with Gasteiger partial charge in [0, 0.05) is 22.1 Å². The topological polar surface area (TPSA) is 76.0 Å². The minimum Gasteiger partial charge on any atom is -0.342 e. The Labute approximate surface area is 168 Å². The van der Waals surface area contributed by atoms with E-state index < -0.39 is 17.4 Å². The zero-order valence-electron chi connectivity index (χ0n) is 15.3. The van der Waals surface area contributed by atoms with Gasteiger partial charge in [-0.1, -0.05) is 29.3 Å². The zero-order valence-corrected chi connectivity index (χ0v) is 16.8. The molecule has 0 atom stereocenters. The molecule has 1 saturated carbocycles. The summed E-state index contributed by atoms with van der Waals surface area (Å²) in [5, 5.41) is 10.8. The minimum absolute atomic E-state index is 0.450. The van der Waals surface area contributed by atoms with Gasteiger partial charge in [-0.15, -0.1) is 0 Å². The Kier molecular flexibility index (Phi) is 5.77. The van der Waals surface area contributed by atoms with Crippen LogP contribution in [0.1, 0.15) is 37.4 Å². The van der Waals surface area contributed by atoms with Gasteiger partial charge in [-0.25, -0.2) is 0 Å². The van der Waals surface area contributed by atoms with Crippen molar-refractivity contribution >= 4 is 40.7 Å². The van der Waals surface area contributed by atoms with Gasteiger partial charge < -0.3 is 10.6 Å². The molecule has 2 N–H and O–H groups in total. The molecule has 0 radical (unpaired) electrons. The van der Waals surface area contributed by atoms with Crippen molar-refractivity contribution in [2.75, 3.05) is 5.32 Å². The zero-order chi connectivity index (χ0) is 19.6. The number of rotatable bonds is 5. The molecule has 0 aliphatic heterocycles. The van der Waals surface area contributed by atoms with Gasteiger partial charge in [-0.2, -0.15) is 5.10 Å². The molecule has 2 aromatic rings. The highest BCUT2D eigenvalue weighted by molar-refractivity contribution is 6.40. The highest BCUT2D eigenvalue weighted by Crippen LogP contribution is 2.37. The Bertz CT molecular complexity index is 875. The molecule has 1 aromatic carbocycles. The summed E-state index contributed by atoms with van der Waals surface area (Å²) >= 11 is 12.2. The number of carbonyl (C=O) groups excluding carboxylic acids is 2. The lowest BCUT2D eigenvalue weighted by atomic mass is 9.72. The van der Waals surface area contributed by atoms with E-state index in [4.69, 9.17) is 23.2 Å². The van der Waals surface area contributed by atoms with Crippen molar-refractivity contribution < 1.29 is 9.59 Å². The maximum Gasteiger partial charge on any atom is 0.313 e. The molecule has 8 heteroatoms. The molecule has 0 bridgehead atoms. The monoisotopic (exact) mass is 408 g/mol. The second kappa shape index (κ2) is 7.90. The largest absolute Gasteiger partial charge is 0.342 e. The van der Waals surface area contributed by atoms with Crippen LogP contribution in [0.5, 0.6) is 0 Å². The quantitative estimate of drug-likeness (QED) is 0.739. The highest BCUT2D eigenvalue weighted by atomic mass is 35.5. The number of amides is 2. The van der Waals surface area contributed by atoms with Crippen molar-refractivity contribution in [1.29, 1.82) is 0 Å². The predicted molar refractivity (Wildman–Crippen MR) is 106 cm³/mol. The van der Waals surface area contributed by atoms with Crippen LogP contribution in [0.15, 0.2) is 24.4 Å². The van der Waals surface area contributed by atoms with Gasteiger partial charge in [0.15, 0.2) is 0 Å². The summed E-state index contributed by atoms with van der Waals surface area (Å²) in [6.07, 6.45) is 4.72. The normalized spacial score (nSPS) is 15.1. The van der Waals surface area contributed by atoms with Gasteiger partial charge in [-0.05, 0) is 57.2 Å². The summed E-state index contributed by atoms with van der Waals surface area (Å²) in [5.41, 5.74) is 1.81. The van der Waals surface area contributed by atoms with Crippen molar-refractivity contribution in [3.63, 3.8) is 0 Å². The van der Waals surface area contributed by atoms with Crippen LogP contribution in [0.25, 0.3) is 0 Å². The van der Waals surface area contributed by atoms with Crippen LogP contribution in [0.2, 0.25) is 10.0 Å². The first-order valence-corrected chi connectivity index (χ1v) is 9.69. The maximum absolute atomic E-state index is 12.5. The number of aromatic nitrogens is 2. The first kappa shape index (κ1) is 19.7. The number of carbonyl (C=O) groups is 2. The maximum atomic E-state index is 12.5. The molecule has 1 heterocycles. The van der Waals surface area contributed by atoms with E-state index in [0.717, 1.165) is 30.5 Å². The highest BCUT2D eigenvalue weighted by Gasteiger charge is 2.40. The number of nitrogens with zero attached hydrogens (tertiary/aromatic N) is 2. The molecule has 0 unspecified atom stereocenters. The lowest BCUT2D eigenvalue weighted by molar-refractivity contribution is -0.138. The second-order valence-electron chi connectivity index (χ2n) is 6.91. The van der Waals surface area contributed by atoms with Crippen LogP contribution < -0.4 is 10.6 Å². The Morgan fingerprint density at radius 3 is 2.56 bits per heavy atom. The number of aryl methyl sites for hydroxylation is 1. The second-order valence-corrected chi connectivity index (χ2v) is 7.76. The third-order valence-corrected chi connectivity index (χ3v) is 5.68. The van der Waals surface area contributed by atoms with Crippen LogP contribution in [0.3, 0.4) is 0 Å². The van der Waals surface area contributed by atoms with Crippen LogP contribution in [0, 0.1) is 6.92 Å². The molecule has 6 nitrogen and oxygen atoms in total. The average molecular weight is 409 g/mol. The third-order valence-electron chi connectivity index (χ3n) is 5.09. The number of nitrogens with one attached hydrogen (secondary N) is 2. The van der Waals surface area contributed by atoms with E-state index in [1.165, 1.54) is 0 Å². The van der Waals surface area contributed by atoms with E-state index in [1.807, 2.05) is 19.9 Å². The molecule has 144 valence electrons. The molecule has 1 fully saturated rings. The number of benzene rings is 1. The molecule has 3 rings (SSSR count). The fourth-order valence-corrected chi connectivity index (χ4v) is 3.82. The molecule has 0 spiro atoms. The van der Waals surface area contributed by atoms with E-state index in [1.54, 1.807) is 23.0 Å². The summed E-state index contributed by atoms with van der Waals surface area (Å²) in [6, 6.07) is 5.32. The van der Waals surface area contributed by atoms with Crippen molar-refractivity contribution in [3.8, 4) is 0 Å². The summed E-state index contributed by atoms with van der Waals surface area (Å²) in [5.74, 6) is -1.34. The SMILES string of the molecule is CCn1ncc(NC(=O)C(=O)NC2(Cc3ccc(Cl)cc3Cl)CCC2)c1C. The van der Waals surface area contributed by atoms with Crippen molar-refractivity contribution in [2.45, 2.75) is 51.6 Å². The molecule has 2 amide bonds. The van der Waals surface area contributed by atoms with Gasteiger partial charge in [0.2, 0.25) is 0 Å². The molecular weight excluding hydrogens is 387 g/mol. The molecule has 1 aromatic heterocycles. The number of hydrogen-bond donors (Lipinski definition) is 2. The van der Waals surface area contributed by atoms with Crippen molar-refractivity contribution in [2.24, 2.45) is 0 Å². The van der Waals surface area contributed by atoms with Gasteiger partial charge >= 0.3 is 11.8 Å². The molecular formula is C19H22Cl2N4O2. The fraction of sp³-hybridized carbons (Fsp3) is 0.421. The Morgan fingerprint density at radius 2 is 2.00 bits per heavy atom. The molecule has 1 aliphatic carbocycles. The predicted octanol–water partition coefficient (Wildman–Crippen LogP) is 3.74. The molecule has 27 heavy (non-hydrogen) atoms. The first-order valence-electron chi connectivity index (χ1n) is 8.93. The van der Waals surface area contributed by atoms with Gasteiger partial charge in [0.05, 0.1) is 17.6 Å². The number of hydrogen-bond acceptors (Lipinski definition) is 3. The molecule has 0 saturated heterocycles. The Hall–Kier alpha value is -2.05. The number of anilines is 1. The van der Waals surface area contributed by atoms with Gasteiger partial charge in [0.25, 0.3) is 0 Å². The van der Waals surface area contributed by atoms with Crippen molar-refractivity contribution in [3.05, 3.63) is 45.7 Å². The Morgan fingerprint density at radius 1 is 1.26 bits per heavy atom. The smallest absolute Gasteiger partial charge is 0.313 e. The van der Waals surface area contributed by atoms with Crippen LogP contribution in [0.4, 0.5) is 5.69 Å². The average Bonchev–Trinajstić information content (AvgIpc) is 2.94. The minimum atomic E-state index is -0.692. The summed E-state index contributed by atoms with van der Waals surface area (Å²) in [6.45, 7) is 4.50. The standard InChI is InChI=1S/C19H22Cl2N4O2/c1-3-25-12(2)16(11-22-25)23-17(26)18(27)24-19(7-4-8-19)10-13-5-6-14(20)9-15(13)21/h5-6,9,11H,3-4,7-8,10H2,1-2H3,(H,23,26)(H,24,27).